The van der Waals surface area contributed by atoms with Gasteiger partial charge in [-0.3, -0.25) is 4.90 Å². The van der Waals surface area contributed by atoms with Crippen molar-refractivity contribution in [2.45, 2.75) is 25.6 Å². The number of hydrogen-bond acceptors (Lipinski definition) is 3. The highest BCUT2D eigenvalue weighted by atomic mass is 19.4. The maximum atomic E-state index is 12.5. The number of alkyl halides is 3. The molecule has 0 spiro atoms. The summed E-state index contributed by atoms with van der Waals surface area (Å²) in [7, 11) is 0. The Morgan fingerprint density at radius 1 is 1.30 bits per heavy atom. The molecule has 0 amide bonds. The molecule has 1 N–H and O–H groups in total. The third kappa shape index (κ3) is 3.87. The summed E-state index contributed by atoms with van der Waals surface area (Å²) >= 11 is 0. The lowest BCUT2D eigenvalue weighted by molar-refractivity contribution is -0.127. The van der Waals surface area contributed by atoms with E-state index in [-0.39, 0.29) is 12.0 Å². The molecule has 1 aromatic rings. The molecule has 6 heteroatoms. The average Bonchev–Trinajstić information content (AvgIpc) is 2.84. The standard InChI is InChI=1S/C17H22F3NO2/c18-17(19,20)7-13-2-1-3-14(6-13)8-21-9-15-10-23-5-4-16(15,11-21)12-22/h1-3,6,15,22H,4-5,7-12H2/t15-,16-/m1/s1. The Hall–Kier alpha value is -1.11. The molecule has 2 heterocycles. The van der Waals surface area contributed by atoms with Crippen LogP contribution in [0.3, 0.4) is 0 Å². The van der Waals surface area contributed by atoms with Crippen LogP contribution in [-0.2, 0) is 17.7 Å². The van der Waals surface area contributed by atoms with E-state index in [1.54, 1.807) is 12.1 Å². The van der Waals surface area contributed by atoms with Crippen LogP contribution >= 0.6 is 0 Å². The smallest absolute Gasteiger partial charge is 0.393 e. The highest BCUT2D eigenvalue weighted by molar-refractivity contribution is 5.24. The van der Waals surface area contributed by atoms with Gasteiger partial charge in [-0.05, 0) is 17.5 Å². The second-order valence-electron chi connectivity index (χ2n) is 6.82. The van der Waals surface area contributed by atoms with Crippen LogP contribution in [0.4, 0.5) is 13.2 Å². The molecule has 0 aromatic heterocycles. The van der Waals surface area contributed by atoms with Crippen LogP contribution in [0.2, 0.25) is 0 Å². The number of hydrogen-bond donors (Lipinski definition) is 1. The Morgan fingerprint density at radius 2 is 2.09 bits per heavy atom. The molecule has 23 heavy (non-hydrogen) atoms. The second-order valence-corrected chi connectivity index (χ2v) is 6.82. The second kappa shape index (κ2) is 6.42. The number of benzene rings is 1. The van der Waals surface area contributed by atoms with Crippen LogP contribution < -0.4 is 0 Å². The highest BCUT2D eigenvalue weighted by Gasteiger charge is 2.47. The first-order chi connectivity index (χ1) is 10.9. The van der Waals surface area contributed by atoms with Crippen molar-refractivity contribution < 1.29 is 23.0 Å². The zero-order chi connectivity index (χ0) is 16.5. The van der Waals surface area contributed by atoms with Gasteiger partial charge >= 0.3 is 6.18 Å². The van der Waals surface area contributed by atoms with Gasteiger partial charge in [0.2, 0.25) is 0 Å². The van der Waals surface area contributed by atoms with Crippen molar-refractivity contribution in [3.63, 3.8) is 0 Å². The summed E-state index contributed by atoms with van der Waals surface area (Å²) in [6, 6.07) is 6.70. The molecule has 0 radical (unpaired) electrons. The minimum absolute atomic E-state index is 0.109. The van der Waals surface area contributed by atoms with E-state index in [1.165, 1.54) is 6.07 Å². The van der Waals surface area contributed by atoms with Gasteiger partial charge in [-0.15, -0.1) is 0 Å². The molecule has 128 valence electrons. The molecule has 3 nitrogen and oxygen atoms in total. The summed E-state index contributed by atoms with van der Waals surface area (Å²) in [5.41, 5.74) is 1.08. The largest absolute Gasteiger partial charge is 0.396 e. The molecule has 2 aliphatic heterocycles. The van der Waals surface area contributed by atoms with Gasteiger partial charge in [0, 0.05) is 37.6 Å². The Kier molecular flexibility index (Phi) is 4.67. The summed E-state index contributed by atoms with van der Waals surface area (Å²) in [5.74, 6) is 0.305. The van der Waals surface area contributed by atoms with E-state index < -0.39 is 12.6 Å². The predicted octanol–water partition coefficient (Wildman–Crippen LogP) is 2.62. The monoisotopic (exact) mass is 329 g/mol. The van der Waals surface area contributed by atoms with Crippen LogP contribution in [0.25, 0.3) is 0 Å². The van der Waals surface area contributed by atoms with Gasteiger partial charge in [0.05, 0.1) is 19.6 Å². The zero-order valence-corrected chi connectivity index (χ0v) is 13.0. The van der Waals surface area contributed by atoms with E-state index in [1.807, 2.05) is 6.07 Å². The fraction of sp³-hybridized carbons (Fsp3) is 0.647. The van der Waals surface area contributed by atoms with Crippen LogP contribution in [0.1, 0.15) is 17.5 Å². The first-order valence-corrected chi connectivity index (χ1v) is 7.96. The lowest BCUT2D eigenvalue weighted by Crippen LogP contribution is -2.41. The molecule has 0 unspecified atom stereocenters. The SMILES string of the molecule is OC[C@]12CCOC[C@H]1CN(Cc1cccc(CC(F)(F)F)c1)C2. The Balaban J connectivity index is 1.67. The Labute approximate surface area is 134 Å². The van der Waals surface area contributed by atoms with E-state index in [4.69, 9.17) is 4.74 Å². The van der Waals surface area contributed by atoms with Crippen molar-refractivity contribution in [2.24, 2.45) is 11.3 Å². The number of aliphatic hydroxyl groups is 1. The van der Waals surface area contributed by atoms with E-state index >= 15 is 0 Å². The maximum Gasteiger partial charge on any atom is 0.393 e. The fourth-order valence-electron chi connectivity index (χ4n) is 3.86. The average molecular weight is 329 g/mol. The number of rotatable bonds is 4. The molecule has 2 saturated heterocycles. The lowest BCUT2D eigenvalue weighted by atomic mass is 9.75. The van der Waals surface area contributed by atoms with Crippen LogP contribution in [0, 0.1) is 11.3 Å². The van der Waals surface area contributed by atoms with Gasteiger partial charge < -0.3 is 9.84 Å². The first kappa shape index (κ1) is 16.7. The molecule has 2 atom stereocenters. The minimum atomic E-state index is -4.18. The molecule has 0 saturated carbocycles. The van der Waals surface area contributed by atoms with E-state index in [9.17, 15) is 18.3 Å². The number of halogens is 3. The Bertz CT molecular complexity index is 549. The number of likely N-dealkylation sites (tertiary alicyclic amines) is 1. The molecular weight excluding hydrogens is 307 g/mol. The van der Waals surface area contributed by atoms with Gasteiger partial charge in [0.15, 0.2) is 0 Å². The molecule has 3 rings (SSSR count). The molecule has 1 aromatic carbocycles. The lowest BCUT2D eigenvalue weighted by Gasteiger charge is -2.36. The minimum Gasteiger partial charge on any atom is -0.396 e. The van der Waals surface area contributed by atoms with Gasteiger partial charge in [0.25, 0.3) is 0 Å². The quantitative estimate of drug-likeness (QED) is 0.922. The van der Waals surface area contributed by atoms with Gasteiger partial charge in [-0.25, -0.2) is 0 Å². The predicted molar refractivity (Wildman–Crippen MR) is 79.9 cm³/mol. The van der Waals surface area contributed by atoms with Crippen molar-refractivity contribution in [2.75, 3.05) is 32.9 Å². The number of fused-ring (bicyclic) bond motifs is 1. The summed E-state index contributed by atoms with van der Waals surface area (Å²) in [4.78, 5) is 2.22. The molecule has 0 aliphatic carbocycles. The van der Waals surface area contributed by atoms with Crippen molar-refractivity contribution >= 4 is 0 Å². The third-order valence-electron chi connectivity index (χ3n) is 5.06. The summed E-state index contributed by atoms with van der Waals surface area (Å²) in [6.07, 6.45) is -4.23. The van der Waals surface area contributed by atoms with Crippen molar-refractivity contribution in [3.8, 4) is 0 Å². The first-order valence-electron chi connectivity index (χ1n) is 7.96. The van der Waals surface area contributed by atoms with Crippen LogP contribution in [0.5, 0.6) is 0 Å². The molecule has 0 bridgehead atoms. The van der Waals surface area contributed by atoms with E-state index in [0.717, 1.165) is 25.1 Å². The van der Waals surface area contributed by atoms with Crippen molar-refractivity contribution in [1.29, 1.82) is 0 Å². The number of ether oxygens (including phenoxy) is 1. The Morgan fingerprint density at radius 3 is 2.78 bits per heavy atom. The van der Waals surface area contributed by atoms with E-state index in [0.29, 0.717) is 31.2 Å². The van der Waals surface area contributed by atoms with Crippen molar-refractivity contribution in [1.82, 2.24) is 4.90 Å². The topological polar surface area (TPSA) is 32.7 Å². The fourth-order valence-corrected chi connectivity index (χ4v) is 3.86. The molecule has 2 aliphatic rings. The van der Waals surface area contributed by atoms with Crippen LogP contribution in [0.15, 0.2) is 24.3 Å². The van der Waals surface area contributed by atoms with Gasteiger partial charge in [0.1, 0.15) is 0 Å². The third-order valence-corrected chi connectivity index (χ3v) is 5.06. The van der Waals surface area contributed by atoms with Gasteiger partial charge in [-0.2, -0.15) is 13.2 Å². The van der Waals surface area contributed by atoms with E-state index in [2.05, 4.69) is 4.90 Å². The highest BCUT2D eigenvalue weighted by Crippen LogP contribution is 2.42. The normalized spacial score (nSPS) is 28.8. The molecule has 2 fully saturated rings. The summed E-state index contributed by atoms with van der Waals surface area (Å²) in [5, 5.41) is 9.80. The zero-order valence-electron chi connectivity index (χ0n) is 13.0. The summed E-state index contributed by atoms with van der Waals surface area (Å²) < 4.78 is 43.1. The number of aliphatic hydroxyl groups excluding tert-OH is 1. The maximum absolute atomic E-state index is 12.5. The number of nitrogens with zero attached hydrogens (tertiary/aromatic N) is 1. The van der Waals surface area contributed by atoms with Crippen LogP contribution in [-0.4, -0.2) is 49.1 Å². The summed E-state index contributed by atoms with van der Waals surface area (Å²) in [6.45, 7) is 3.69. The molecular formula is C17H22F3NO2. The van der Waals surface area contributed by atoms with Gasteiger partial charge in [-0.1, -0.05) is 24.3 Å². The van der Waals surface area contributed by atoms with Crippen molar-refractivity contribution in [3.05, 3.63) is 35.4 Å².